The first-order valence-electron chi connectivity index (χ1n) is 27.1. The van der Waals surface area contributed by atoms with E-state index in [1.807, 2.05) is 102 Å². The highest BCUT2D eigenvalue weighted by atomic mass is 16.5. The number of hydrogen-bond donors (Lipinski definition) is 0. The Kier molecular flexibility index (Phi) is 12.7. The zero-order valence-corrected chi connectivity index (χ0v) is 46.3. The van der Waals surface area contributed by atoms with Crippen LogP contribution >= 0.6 is 0 Å². The van der Waals surface area contributed by atoms with Crippen molar-refractivity contribution >= 4 is 39.2 Å². The van der Waals surface area contributed by atoms with Crippen LogP contribution in [0.25, 0.3) is 84.0 Å². The van der Waals surface area contributed by atoms with Crippen LogP contribution in [0.3, 0.4) is 0 Å². The second-order valence-corrected chi connectivity index (χ2v) is 23.5. The summed E-state index contributed by atoms with van der Waals surface area (Å²) in [5.74, 6) is 3.62. The summed E-state index contributed by atoms with van der Waals surface area (Å²) in [6.45, 7) is 20.3. The van der Waals surface area contributed by atoms with E-state index in [4.69, 9.17) is 24.7 Å². The predicted molar refractivity (Wildman–Crippen MR) is 322 cm³/mol. The lowest BCUT2D eigenvalue weighted by Gasteiger charge is -2.20. The average molecular weight is 1030 g/mol. The number of rotatable bonds is 10. The quantitative estimate of drug-likeness (QED) is 0.128. The predicted octanol–water partition coefficient (Wildman–Crippen LogP) is 18.0. The van der Waals surface area contributed by atoms with E-state index in [0.29, 0.717) is 29.0 Å². The van der Waals surface area contributed by atoms with Gasteiger partial charge in [0.2, 0.25) is 11.4 Å². The number of para-hydroxylation sites is 1. The van der Waals surface area contributed by atoms with Crippen LogP contribution in [0.1, 0.15) is 79.0 Å². The van der Waals surface area contributed by atoms with Gasteiger partial charge in [0, 0.05) is 40.2 Å². The maximum atomic E-state index is 7.23. The van der Waals surface area contributed by atoms with Crippen molar-refractivity contribution in [3.63, 3.8) is 0 Å². The van der Waals surface area contributed by atoms with Gasteiger partial charge in [-0.3, -0.25) is 4.57 Å². The third-order valence-corrected chi connectivity index (χ3v) is 14.9. The van der Waals surface area contributed by atoms with Crippen LogP contribution in [0.4, 0.5) is 11.4 Å². The number of fused-ring (bicyclic) bond motifs is 3. The van der Waals surface area contributed by atoms with Gasteiger partial charge in [-0.05, 0) is 92.6 Å². The molecule has 0 amide bonds. The smallest absolute Gasteiger partial charge is 0.456 e. The number of ether oxygens (including phenoxy) is 1. The lowest BCUT2D eigenvalue weighted by atomic mass is 9.85. The molecule has 8 aromatic carbocycles. The Balaban J connectivity index is 1.03. The molecule has 1 aliphatic rings. The Labute approximate surface area is 463 Å². The highest BCUT2D eigenvalue weighted by Crippen LogP contribution is 2.44. The number of hydrogen-bond acceptors (Lipinski definition) is 5. The van der Waals surface area contributed by atoms with Crippen molar-refractivity contribution in [3.05, 3.63) is 235 Å². The second-order valence-electron chi connectivity index (χ2n) is 23.5. The lowest BCUT2D eigenvalue weighted by Crippen LogP contribution is -2.10. The molecule has 0 radical (unpaired) electrons. The van der Waals surface area contributed by atoms with Crippen LogP contribution in [0.15, 0.2) is 219 Å². The summed E-state index contributed by atoms with van der Waals surface area (Å²) in [5, 5.41) is 2.11. The van der Waals surface area contributed by atoms with Crippen molar-refractivity contribution in [1.82, 2.24) is 24.5 Å². The minimum Gasteiger partial charge on any atom is -0.456 e. The summed E-state index contributed by atoms with van der Waals surface area (Å²) < 4.78 is 13.6. The van der Waals surface area contributed by atoms with Crippen molar-refractivity contribution in [3.8, 4) is 73.7 Å². The number of benzene rings is 8. The fourth-order valence-corrected chi connectivity index (χ4v) is 10.4. The maximum Gasteiger partial charge on any atom is 0.501 e. The summed E-state index contributed by atoms with van der Waals surface area (Å²) in [5.41, 5.74) is 14.6. The molecule has 0 aliphatic carbocycles. The fourth-order valence-electron chi connectivity index (χ4n) is 10.4. The molecule has 3 aromatic heterocycles. The molecule has 12 rings (SSSR count). The van der Waals surface area contributed by atoms with E-state index in [0.717, 1.165) is 77.9 Å². The van der Waals surface area contributed by atoms with Gasteiger partial charge in [-0.15, -0.1) is 0 Å². The first-order chi connectivity index (χ1) is 38.0. The second kappa shape index (κ2) is 19.9. The molecule has 0 bridgehead atoms. The number of pyridine rings is 1. The highest BCUT2D eigenvalue weighted by molar-refractivity contribution is 6.11. The van der Waals surface area contributed by atoms with E-state index in [-0.39, 0.29) is 16.2 Å². The van der Waals surface area contributed by atoms with Crippen molar-refractivity contribution in [2.45, 2.75) is 78.6 Å². The Bertz CT molecular complexity index is 4070. The normalized spacial score (nSPS) is 12.8. The first-order valence-corrected chi connectivity index (χ1v) is 27.1. The summed E-state index contributed by atoms with van der Waals surface area (Å²) >= 11 is 0. The van der Waals surface area contributed by atoms with Gasteiger partial charge in [0.25, 0.3) is 12.4 Å². The van der Waals surface area contributed by atoms with Crippen LogP contribution in [0.2, 0.25) is 0 Å². The zero-order chi connectivity index (χ0) is 54.6. The third kappa shape index (κ3) is 9.99. The van der Waals surface area contributed by atoms with E-state index < -0.39 is 0 Å². The van der Waals surface area contributed by atoms with Crippen molar-refractivity contribution < 1.29 is 13.9 Å². The molecule has 0 unspecified atom stereocenters. The molecule has 0 saturated carbocycles. The molecule has 0 spiro atoms. The largest absolute Gasteiger partial charge is 0.501 e. The monoisotopic (exact) mass is 1030 g/mol. The zero-order valence-electron chi connectivity index (χ0n) is 46.3. The van der Waals surface area contributed by atoms with Crippen molar-refractivity contribution in [1.29, 1.82) is 0 Å². The summed E-state index contributed by atoms with van der Waals surface area (Å²) in [4.78, 5) is 20.5. The van der Waals surface area contributed by atoms with E-state index in [1.54, 1.807) is 0 Å². The number of nitrogens with zero attached hydrogens (tertiary/aromatic N) is 7. The Hall–Kier alpha value is -9.36. The van der Waals surface area contributed by atoms with Crippen molar-refractivity contribution in [2.24, 2.45) is 0 Å². The van der Waals surface area contributed by atoms with Crippen LogP contribution in [-0.2, 0) is 16.2 Å². The van der Waals surface area contributed by atoms with Crippen LogP contribution < -0.4 is 4.74 Å². The van der Waals surface area contributed by atoms with Gasteiger partial charge >= 0.3 is 6.01 Å². The molecule has 386 valence electrons. The van der Waals surface area contributed by atoms with E-state index in [9.17, 15) is 0 Å². The molecule has 79 heavy (non-hydrogen) atoms. The molecule has 0 N–H and O–H groups in total. The van der Waals surface area contributed by atoms with Crippen molar-refractivity contribution in [2.75, 3.05) is 0 Å². The van der Waals surface area contributed by atoms with E-state index in [2.05, 4.69) is 199 Å². The molecular weight excluding hydrogens is 967 g/mol. The van der Waals surface area contributed by atoms with Gasteiger partial charge in [-0.1, -0.05) is 205 Å². The van der Waals surface area contributed by atoms with E-state index in [1.165, 1.54) is 16.7 Å². The van der Waals surface area contributed by atoms with Gasteiger partial charge in [-0.2, -0.15) is 0 Å². The summed E-state index contributed by atoms with van der Waals surface area (Å²) in [6, 6.07) is 73.7. The number of aromatic nitrogens is 5. The Morgan fingerprint density at radius 3 is 1.52 bits per heavy atom. The molecule has 8 nitrogen and oxygen atoms in total. The fraction of sp³-hybridized carbons (Fsp3) is 0.169. The van der Waals surface area contributed by atoms with Gasteiger partial charge < -0.3 is 4.74 Å². The molecule has 8 heteroatoms. The maximum absolute atomic E-state index is 7.23. The molecule has 0 fully saturated rings. The molecule has 1 aliphatic heterocycles. The highest BCUT2D eigenvalue weighted by Gasteiger charge is 2.30. The van der Waals surface area contributed by atoms with Crippen LogP contribution in [0.5, 0.6) is 11.5 Å². The molecule has 11 aromatic rings. The molecule has 4 heterocycles. The standard InChI is InChI=1S/C71H63N7O/c1-69(2,3)51-33-29-47(30-34-51)56-26-19-27-57(48-31-35-52(36-32-48)70(4,5)6)65(56)77-41-40-76(46-77)54-24-18-25-55(43-54)79-63-45-62-59(58-42-53(71(7,8)9)37-38-61(58)78(62)64-28-16-17-39-72-64)44-60(63)68-74-66(49-20-12-10-13-21-49)73-67(75-68)50-22-14-11-15-23-50/h10-45H,1-9H3/q+2. The Morgan fingerprint density at radius 1 is 0.418 bits per heavy atom. The lowest BCUT2D eigenvalue weighted by molar-refractivity contribution is -0.386. The minimum absolute atomic E-state index is 0.0328. The Morgan fingerprint density at radius 2 is 0.949 bits per heavy atom. The third-order valence-electron chi connectivity index (χ3n) is 14.9. The molecular formula is C71H63N7O+2. The minimum atomic E-state index is -0.0906. The van der Waals surface area contributed by atoms with Gasteiger partial charge in [0.1, 0.15) is 17.3 Å². The van der Waals surface area contributed by atoms with Crippen LogP contribution in [0, 0.1) is 0 Å². The topological polar surface area (TPSA) is 71.7 Å². The average Bonchev–Trinajstić information content (AvgIpc) is 4.29. The summed E-state index contributed by atoms with van der Waals surface area (Å²) in [6.07, 6.45) is 5.98. The molecule has 0 atom stereocenters. The van der Waals surface area contributed by atoms with Gasteiger partial charge in [0.05, 0.1) is 33.8 Å². The van der Waals surface area contributed by atoms with Crippen LogP contribution in [-0.4, -0.2) is 39.7 Å². The molecule has 0 saturated heterocycles. The van der Waals surface area contributed by atoms with Gasteiger partial charge in [-0.25, -0.2) is 19.9 Å². The van der Waals surface area contributed by atoms with E-state index >= 15 is 0 Å². The first kappa shape index (κ1) is 50.5. The SMILES string of the molecule is CC(C)(C)c1ccc(-c2cccc(-c3ccc(C(C)(C)C)cc3)c2[N+]2=C=[N+](c3cccc(Oc4cc5c(cc4-c4nc(-c6ccccc6)nc(-c6ccccc6)n4)c4cc(C(C)(C)C)ccc4n5-c4ccccn4)c3)C=C2)cc1. The summed E-state index contributed by atoms with van der Waals surface area (Å²) in [7, 11) is 0. The van der Waals surface area contributed by atoms with Gasteiger partial charge in [0.15, 0.2) is 17.5 Å².